The largest absolute Gasteiger partial charge is 0.288 e. The second kappa shape index (κ2) is 11.7. The van der Waals surface area contributed by atoms with Crippen LogP contribution in [0.15, 0.2) is 187 Å². The van der Waals surface area contributed by atoms with Crippen molar-refractivity contribution in [3.05, 3.63) is 187 Å². The molecule has 0 saturated heterocycles. The van der Waals surface area contributed by atoms with E-state index in [1.807, 2.05) is 36.4 Å². The SMILES string of the molecule is O=NN([Si](c1ccccc1)(c1ccccc1)c1ccccc1)[Si](c1ccccc1)(c1ccccc1)c1ccccc1. The molecule has 0 aromatic heterocycles. The highest BCUT2D eigenvalue weighted by molar-refractivity contribution is 7.22. The van der Waals surface area contributed by atoms with Crippen LogP contribution in [0.5, 0.6) is 0 Å². The van der Waals surface area contributed by atoms with Crippen LogP contribution in [0.4, 0.5) is 0 Å². The van der Waals surface area contributed by atoms with Crippen LogP contribution in [0.1, 0.15) is 0 Å². The molecule has 0 atom stereocenters. The highest BCUT2D eigenvalue weighted by Crippen LogP contribution is 2.23. The smallest absolute Gasteiger partial charge is 0.266 e. The van der Waals surface area contributed by atoms with Crippen molar-refractivity contribution < 1.29 is 0 Å². The van der Waals surface area contributed by atoms with Gasteiger partial charge in [-0.2, -0.15) is 0 Å². The maximum Gasteiger partial charge on any atom is 0.266 e. The van der Waals surface area contributed by atoms with Crippen LogP contribution in [0.2, 0.25) is 0 Å². The summed E-state index contributed by atoms with van der Waals surface area (Å²) in [5.74, 6) is 0. The van der Waals surface area contributed by atoms with Gasteiger partial charge in [-0.15, -0.1) is 4.91 Å². The molecule has 0 heterocycles. The normalized spacial score (nSPS) is 11.5. The topological polar surface area (TPSA) is 32.7 Å². The molecule has 0 aliphatic rings. The Morgan fingerprint density at radius 1 is 0.317 bits per heavy atom. The van der Waals surface area contributed by atoms with E-state index < -0.39 is 16.5 Å². The number of hydrogen-bond acceptors (Lipinski definition) is 2. The van der Waals surface area contributed by atoms with Crippen molar-refractivity contribution in [3.63, 3.8) is 0 Å². The molecule has 0 aliphatic heterocycles. The summed E-state index contributed by atoms with van der Waals surface area (Å²) in [7, 11) is -6.64. The van der Waals surface area contributed by atoms with Gasteiger partial charge in [0.1, 0.15) is 0 Å². The highest BCUT2D eigenvalue weighted by atomic mass is 28.4. The Hall–Kier alpha value is -4.85. The Balaban J connectivity index is 1.85. The van der Waals surface area contributed by atoms with Gasteiger partial charge in [0.2, 0.25) is 0 Å². The highest BCUT2D eigenvalue weighted by Gasteiger charge is 2.59. The van der Waals surface area contributed by atoms with Crippen LogP contribution >= 0.6 is 0 Å². The third-order valence-corrected chi connectivity index (χ3v) is 18.3. The van der Waals surface area contributed by atoms with Gasteiger partial charge in [0.25, 0.3) is 16.5 Å². The summed E-state index contributed by atoms with van der Waals surface area (Å²) in [5, 5.41) is 10.8. The lowest BCUT2D eigenvalue weighted by atomic mass is 10.3. The number of nitroso groups, excluding NO2 is 1. The van der Waals surface area contributed by atoms with E-state index in [-0.39, 0.29) is 0 Å². The van der Waals surface area contributed by atoms with E-state index in [9.17, 15) is 4.91 Å². The van der Waals surface area contributed by atoms with E-state index in [1.54, 1.807) is 0 Å². The van der Waals surface area contributed by atoms with Crippen LogP contribution in [-0.4, -0.2) is 20.8 Å². The monoisotopic (exact) mass is 562 g/mol. The molecule has 0 radical (unpaired) electrons. The maximum atomic E-state index is 14.0. The molecule has 0 unspecified atom stereocenters. The van der Waals surface area contributed by atoms with Crippen molar-refractivity contribution in [2.24, 2.45) is 5.29 Å². The average Bonchev–Trinajstić information content (AvgIpc) is 3.07. The van der Waals surface area contributed by atoms with E-state index in [2.05, 4.69) is 155 Å². The van der Waals surface area contributed by atoms with Crippen molar-refractivity contribution >= 4 is 47.6 Å². The van der Waals surface area contributed by atoms with E-state index in [1.165, 1.54) is 0 Å². The van der Waals surface area contributed by atoms with E-state index in [0.29, 0.717) is 0 Å². The minimum atomic E-state index is -3.32. The average molecular weight is 563 g/mol. The van der Waals surface area contributed by atoms with Crippen LogP contribution in [0.3, 0.4) is 0 Å². The van der Waals surface area contributed by atoms with Crippen molar-refractivity contribution in [1.29, 1.82) is 0 Å². The first-order valence-electron chi connectivity index (χ1n) is 13.8. The van der Waals surface area contributed by atoms with E-state index in [4.69, 9.17) is 0 Å². The lowest BCUT2D eigenvalue weighted by Crippen LogP contribution is -2.89. The molecule has 3 nitrogen and oxygen atoms in total. The minimum Gasteiger partial charge on any atom is -0.288 e. The van der Waals surface area contributed by atoms with Gasteiger partial charge in [-0.1, -0.05) is 182 Å². The standard InChI is InChI=1S/C36H30N2OSi2/c39-37-38(40(31-19-7-1-8-20-31,32-21-9-2-10-22-32)33-23-11-3-12-24-33)41(34-25-13-4-14-26-34,35-27-15-5-16-28-35)36-29-17-6-18-30-36/h1-30H. The molecule has 6 rings (SSSR count). The summed E-state index contributed by atoms with van der Waals surface area (Å²) in [4.78, 5) is 14.0. The molecule has 198 valence electrons. The third-order valence-electron chi connectivity index (χ3n) is 7.87. The predicted octanol–water partition coefficient (Wildman–Crippen LogP) is 4.30. The summed E-state index contributed by atoms with van der Waals surface area (Å²) in [6.45, 7) is 0. The first-order valence-corrected chi connectivity index (χ1v) is 17.7. The molecule has 5 heteroatoms. The van der Waals surface area contributed by atoms with Crippen LogP contribution in [0, 0.1) is 4.91 Å². The molecule has 0 bridgehead atoms. The number of nitrogens with zero attached hydrogens (tertiary/aromatic N) is 2. The van der Waals surface area contributed by atoms with Crippen molar-refractivity contribution in [3.8, 4) is 0 Å². The van der Waals surface area contributed by atoms with Crippen molar-refractivity contribution in [2.75, 3.05) is 0 Å². The zero-order chi connectivity index (χ0) is 28.0. The second-order valence-corrected chi connectivity index (χ2v) is 17.6. The van der Waals surface area contributed by atoms with Crippen molar-refractivity contribution in [1.82, 2.24) is 4.34 Å². The van der Waals surface area contributed by atoms with Crippen LogP contribution in [-0.2, 0) is 0 Å². The zero-order valence-electron chi connectivity index (χ0n) is 22.6. The Bertz CT molecular complexity index is 1370. The molecule has 0 saturated carbocycles. The summed E-state index contributed by atoms with van der Waals surface area (Å²) >= 11 is 0. The number of rotatable bonds is 9. The lowest BCUT2D eigenvalue weighted by Gasteiger charge is -2.50. The van der Waals surface area contributed by atoms with Gasteiger partial charge in [0.05, 0.1) is 0 Å². The van der Waals surface area contributed by atoms with Crippen molar-refractivity contribution in [2.45, 2.75) is 0 Å². The van der Waals surface area contributed by atoms with Gasteiger partial charge in [-0.3, -0.25) is 4.34 Å². The number of benzene rings is 6. The van der Waals surface area contributed by atoms with Gasteiger partial charge in [-0.25, -0.2) is 0 Å². The second-order valence-electron chi connectivity index (χ2n) is 10.0. The minimum absolute atomic E-state index is 1.11. The van der Waals surface area contributed by atoms with E-state index >= 15 is 0 Å². The van der Waals surface area contributed by atoms with Crippen LogP contribution in [0.25, 0.3) is 0 Å². The molecule has 6 aromatic rings. The molecule has 0 fully saturated rings. The third kappa shape index (κ3) is 4.45. The molecule has 0 amide bonds. The summed E-state index contributed by atoms with van der Waals surface area (Å²) in [5.41, 5.74) is 0. The molecule has 0 spiro atoms. The molecule has 41 heavy (non-hydrogen) atoms. The van der Waals surface area contributed by atoms with E-state index in [0.717, 1.165) is 31.1 Å². The molecular weight excluding hydrogens is 533 g/mol. The Labute approximate surface area is 243 Å². The predicted molar refractivity (Wildman–Crippen MR) is 176 cm³/mol. The Morgan fingerprint density at radius 2 is 0.488 bits per heavy atom. The number of hydrogen-bond donors (Lipinski definition) is 0. The maximum absolute atomic E-state index is 14.0. The first kappa shape index (κ1) is 26.4. The molecular formula is C36H30N2OSi2. The summed E-state index contributed by atoms with van der Waals surface area (Å²) in [6, 6.07) is 63.1. The fourth-order valence-electron chi connectivity index (χ4n) is 6.18. The van der Waals surface area contributed by atoms with Gasteiger partial charge < -0.3 is 0 Å². The summed E-state index contributed by atoms with van der Waals surface area (Å²) < 4.78 is 2.07. The lowest BCUT2D eigenvalue weighted by molar-refractivity contribution is 0.692. The Morgan fingerprint density at radius 3 is 0.634 bits per heavy atom. The van der Waals surface area contributed by atoms with Gasteiger partial charge >= 0.3 is 0 Å². The zero-order valence-corrected chi connectivity index (χ0v) is 24.6. The van der Waals surface area contributed by atoms with Crippen LogP contribution < -0.4 is 31.1 Å². The fraction of sp³-hybridized carbons (Fsp3) is 0. The molecule has 0 aliphatic carbocycles. The Kier molecular flexibility index (Phi) is 7.54. The molecule has 6 aromatic carbocycles. The summed E-state index contributed by atoms with van der Waals surface area (Å²) in [6.07, 6.45) is 0. The fourth-order valence-corrected chi connectivity index (χ4v) is 18.3. The van der Waals surface area contributed by atoms with Gasteiger partial charge in [0.15, 0.2) is 0 Å². The van der Waals surface area contributed by atoms with Gasteiger partial charge in [0, 0.05) is 5.29 Å². The van der Waals surface area contributed by atoms with Gasteiger partial charge in [-0.05, 0) is 31.1 Å². The molecule has 0 N–H and O–H groups in total. The first-order chi connectivity index (χ1) is 20.3. The quantitative estimate of drug-likeness (QED) is 0.114.